The van der Waals surface area contributed by atoms with Crippen molar-refractivity contribution in [2.75, 3.05) is 37.4 Å². The Balaban J connectivity index is 1.36. The van der Waals surface area contributed by atoms with Crippen LogP contribution >= 0.6 is 23.1 Å². The molecule has 3 aromatic heterocycles. The quantitative estimate of drug-likeness (QED) is 0.0463. The first-order valence-corrected chi connectivity index (χ1v) is 16.1. The highest BCUT2D eigenvalue weighted by Crippen LogP contribution is 2.39. The third kappa shape index (κ3) is 6.27. The van der Waals surface area contributed by atoms with Crippen LogP contribution in [0, 0.1) is 6.92 Å². The average Bonchev–Trinajstić information content (AvgIpc) is 3.58. The summed E-state index contributed by atoms with van der Waals surface area (Å²) in [5, 5.41) is 12.7. The van der Waals surface area contributed by atoms with Gasteiger partial charge in [0.1, 0.15) is 29.2 Å². The van der Waals surface area contributed by atoms with E-state index < -0.39 is 29.3 Å². The number of oxime groups is 1. The van der Waals surface area contributed by atoms with E-state index in [1.165, 1.54) is 34.9 Å². The van der Waals surface area contributed by atoms with Crippen LogP contribution in [0.3, 0.4) is 0 Å². The average molecular weight is 656 g/mol. The molecule has 2 unspecified atom stereocenters. The van der Waals surface area contributed by atoms with Crippen LogP contribution in [0.4, 0.5) is 11.1 Å². The third-order valence-corrected chi connectivity index (χ3v) is 9.56. The molecule has 3 aromatic rings. The van der Waals surface area contributed by atoms with Crippen molar-refractivity contribution in [1.82, 2.24) is 30.1 Å². The van der Waals surface area contributed by atoms with Crippen molar-refractivity contribution < 1.29 is 28.6 Å². The molecular formula is C28H35N10O5S2+. The number of pyridine rings is 1. The molecule has 1 saturated heterocycles. The first-order chi connectivity index (χ1) is 21.7. The monoisotopic (exact) mass is 655 g/mol. The molecule has 1 fully saturated rings. The number of aromatic nitrogens is 4. The number of anilines is 2. The zero-order valence-electron chi connectivity index (χ0n) is 25.3. The van der Waals surface area contributed by atoms with Crippen molar-refractivity contribution >= 4 is 75.4 Å². The molecule has 3 atom stereocenters. The van der Waals surface area contributed by atoms with Crippen molar-refractivity contribution in [2.24, 2.45) is 5.16 Å². The number of fused-ring (bicyclic) bond motifs is 2. The summed E-state index contributed by atoms with van der Waals surface area (Å²) in [6.45, 7) is 5.19. The fourth-order valence-electron chi connectivity index (χ4n) is 5.22. The first-order valence-electron chi connectivity index (χ1n) is 14.3. The summed E-state index contributed by atoms with van der Waals surface area (Å²) in [5.74, 6) is 0.0636. The lowest BCUT2D eigenvalue weighted by Crippen LogP contribution is -2.70. The minimum atomic E-state index is -0.911. The molecule has 17 heteroatoms. The number of aldehydes is 2. The number of carbonyl (C=O) groups is 4. The third-order valence-electron chi connectivity index (χ3n) is 7.42. The van der Waals surface area contributed by atoms with Gasteiger partial charge in [-0.2, -0.15) is 0 Å². The Bertz CT molecular complexity index is 1700. The van der Waals surface area contributed by atoms with Crippen molar-refractivity contribution in [1.29, 1.82) is 0 Å². The van der Waals surface area contributed by atoms with Gasteiger partial charge in [0, 0.05) is 29.8 Å². The summed E-state index contributed by atoms with van der Waals surface area (Å²) in [4.78, 5) is 66.4. The Morgan fingerprint density at radius 3 is 2.80 bits per heavy atom. The Labute approximate surface area is 267 Å². The summed E-state index contributed by atoms with van der Waals surface area (Å²) in [7, 11) is 3.75. The van der Waals surface area contributed by atoms with Crippen LogP contribution < -0.4 is 26.3 Å². The van der Waals surface area contributed by atoms with Crippen molar-refractivity contribution in [3.05, 3.63) is 40.2 Å². The summed E-state index contributed by atoms with van der Waals surface area (Å²) in [5.41, 5.74) is 8.58. The lowest BCUT2D eigenvalue weighted by molar-refractivity contribution is -0.664. The lowest BCUT2D eigenvalue weighted by atomic mass is 10.0. The number of thioether (sulfide) groups is 1. The minimum absolute atomic E-state index is 0.195. The maximum absolute atomic E-state index is 13.4. The van der Waals surface area contributed by atoms with Gasteiger partial charge < -0.3 is 26.5 Å². The Kier molecular flexibility index (Phi) is 9.79. The molecule has 5 rings (SSSR count). The Morgan fingerprint density at radius 2 is 2.13 bits per heavy atom. The van der Waals surface area contributed by atoms with Gasteiger partial charge >= 0.3 is 11.6 Å². The first kappa shape index (κ1) is 32.1. The summed E-state index contributed by atoms with van der Waals surface area (Å²) in [6, 6.07) is 3.04. The molecular weight excluding hydrogens is 621 g/mol. The van der Waals surface area contributed by atoms with Crippen LogP contribution in [0.1, 0.15) is 23.9 Å². The lowest BCUT2D eigenvalue weighted by Gasteiger charge is -2.49. The van der Waals surface area contributed by atoms with E-state index in [-0.39, 0.29) is 22.2 Å². The highest BCUT2D eigenvalue weighted by atomic mass is 32.2. The van der Waals surface area contributed by atoms with E-state index in [1.54, 1.807) is 6.92 Å². The standard InChI is InChI=1S/C28H34N10O5S2/c1-15(12-39)43-35-21(20-16(2)45-27(29)33-20)24(41)32-22-25(42)38-19(13-40)17(14-44-26(22)38)11-36-9-5-7-18-23(36)34-28(31-4)37(18)10-6-8-30-3/h5,7,9,12-13,15,22,26,30H,6,8,10-11,14H2,1-4H3,(H3,29,32,33,41)/p+1/b35-21-/t15-,22?,26?/m0/s1. The number of thiazole rings is 1. The van der Waals surface area contributed by atoms with Gasteiger partial charge in [-0.05, 0) is 51.0 Å². The number of nitrogens with two attached hydrogens (primary N) is 1. The van der Waals surface area contributed by atoms with Crippen molar-refractivity contribution in [3.8, 4) is 0 Å². The van der Waals surface area contributed by atoms with E-state index in [4.69, 9.17) is 15.6 Å². The molecule has 0 aliphatic carbocycles. The molecule has 5 N–H and O–H groups in total. The van der Waals surface area contributed by atoms with Crippen LogP contribution in [-0.2, 0) is 37.1 Å². The molecule has 15 nitrogen and oxygen atoms in total. The number of rotatable bonds is 14. The number of nitrogens with one attached hydrogen (secondary N) is 3. The maximum Gasteiger partial charge on any atom is 0.351 e. The second kappa shape index (κ2) is 13.7. The molecule has 0 radical (unpaired) electrons. The van der Waals surface area contributed by atoms with Gasteiger partial charge in [0.2, 0.25) is 0 Å². The van der Waals surface area contributed by atoms with E-state index in [1.807, 2.05) is 37.0 Å². The fraction of sp³-hybridized carbons (Fsp3) is 0.429. The largest absolute Gasteiger partial charge is 0.384 e. The van der Waals surface area contributed by atoms with Gasteiger partial charge in [0.05, 0.1) is 11.9 Å². The SMILES string of the molecule is CNCCCn1c(NC)nc2c1ccc[n+]2CC1=C(C=O)N2C(=O)C(NC(=O)/C(=N\O[C@@H](C)C=O)c3nc(N)sc3C)C2SC1. The number of aryl methyl sites for hydroxylation is 2. The van der Waals surface area contributed by atoms with Crippen molar-refractivity contribution in [2.45, 2.75) is 50.9 Å². The molecule has 5 heterocycles. The van der Waals surface area contributed by atoms with Crippen LogP contribution in [0.15, 0.2) is 34.8 Å². The molecule has 45 heavy (non-hydrogen) atoms. The molecule has 0 bridgehead atoms. The Morgan fingerprint density at radius 1 is 1.33 bits per heavy atom. The zero-order valence-corrected chi connectivity index (χ0v) is 26.9. The zero-order chi connectivity index (χ0) is 32.2. The van der Waals surface area contributed by atoms with Crippen LogP contribution in [0.5, 0.6) is 0 Å². The molecule has 0 spiro atoms. The predicted octanol–water partition coefficient (Wildman–Crippen LogP) is 0.183. The van der Waals surface area contributed by atoms with E-state index in [0.717, 1.165) is 42.2 Å². The topological polar surface area (TPSA) is 190 Å². The van der Waals surface area contributed by atoms with E-state index >= 15 is 0 Å². The minimum Gasteiger partial charge on any atom is -0.384 e. The smallest absolute Gasteiger partial charge is 0.351 e. The molecule has 238 valence electrons. The molecule has 0 saturated carbocycles. The molecule has 2 aliphatic heterocycles. The second-order valence-electron chi connectivity index (χ2n) is 10.5. The number of imidazole rings is 1. The number of nitrogen functional groups attached to an aromatic ring is 1. The summed E-state index contributed by atoms with van der Waals surface area (Å²) < 4.78 is 4.10. The number of hydrogen-bond acceptors (Lipinski definition) is 13. The van der Waals surface area contributed by atoms with Crippen molar-refractivity contribution in [3.63, 3.8) is 0 Å². The highest BCUT2D eigenvalue weighted by molar-refractivity contribution is 8.00. The summed E-state index contributed by atoms with van der Waals surface area (Å²) >= 11 is 2.61. The van der Waals surface area contributed by atoms with Gasteiger partial charge in [-0.15, -0.1) is 23.1 Å². The van der Waals surface area contributed by atoms with Gasteiger partial charge in [0.25, 0.3) is 11.8 Å². The number of nitrogens with zero attached hydrogens (tertiary/aromatic N) is 6. The van der Waals surface area contributed by atoms with Crippen LogP contribution in [0.2, 0.25) is 0 Å². The van der Waals surface area contributed by atoms with E-state index in [0.29, 0.717) is 29.7 Å². The molecule has 2 amide bonds. The number of amides is 2. The predicted molar refractivity (Wildman–Crippen MR) is 171 cm³/mol. The number of carbonyl (C=O) groups excluding carboxylic acids is 4. The second-order valence-corrected chi connectivity index (χ2v) is 12.8. The number of β-lactam (4-membered cyclic amide) rings is 1. The van der Waals surface area contributed by atoms with Gasteiger partial charge in [-0.25, -0.2) is 9.55 Å². The van der Waals surface area contributed by atoms with Gasteiger partial charge in [-0.3, -0.25) is 28.6 Å². The van der Waals surface area contributed by atoms with Gasteiger partial charge in [0.15, 0.2) is 29.5 Å². The summed E-state index contributed by atoms with van der Waals surface area (Å²) in [6.07, 6.45) is 3.15. The van der Waals surface area contributed by atoms with E-state index in [9.17, 15) is 19.2 Å². The molecule has 2 aliphatic rings. The normalized spacial score (nSPS) is 18.8. The number of hydrogen-bond donors (Lipinski definition) is 4. The maximum atomic E-state index is 13.4. The van der Waals surface area contributed by atoms with Crippen LogP contribution in [-0.4, -0.2) is 93.4 Å². The number of allylic oxidation sites excluding steroid dienone is 1. The van der Waals surface area contributed by atoms with Crippen LogP contribution in [0.25, 0.3) is 11.2 Å². The fourth-order valence-corrected chi connectivity index (χ4v) is 7.27. The highest BCUT2D eigenvalue weighted by Gasteiger charge is 2.53. The van der Waals surface area contributed by atoms with Gasteiger partial charge in [-0.1, -0.05) is 5.16 Å². The van der Waals surface area contributed by atoms with E-state index in [2.05, 4.69) is 30.7 Å². The Hall–Kier alpha value is -4.35. The molecule has 0 aromatic carbocycles.